The van der Waals surface area contributed by atoms with Crippen molar-refractivity contribution in [1.82, 2.24) is 0 Å². The Hall–Kier alpha value is -0.640. The number of carbonyl (C=O) groups is 1. The van der Waals surface area contributed by atoms with Gasteiger partial charge in [-0.2, -0.15) is 0 Å². The maximum atomic E-state index is 12.0. The summed E-state index contributed by atoms with van der Waals surface area (Å²) in [5.41, 5.74) is 0. The Bertz CT molecular complexity index is 266. The van der Waals surface area contributed by atoms with E-state index in [2.05, 4.69) is 6.58 Å². The van der Waals surface area contributed by atoms with E-state index in [1.807, 2.05) is 0 Å². The van der Waals surface area contributed by atoms with E-state index < -0.39 is 19.7 Å². The third-order valence-corrected chi connectivity index (χ3v) is 3.88. The number of hydrogen-bond acceptors (Lipinski definition) is 5. The molecule has 0 bridgehead atoms. The fourth-order valence-electron chi connectivity index (χ4n) is 1.13. The Morgan fingerprint density at radius 2 is 1.88 bits per heavy atom. The molecule has 16 heavy (non-hydrogen) atoms. The molecule has 1 atom stereocenters. The van der Waals surface area contributed by atoms with Crippen molar-refractivity contribution in [3.8, 4) is 0 Å². The van der Waals surface area contributed by atoms with Crippen LogP contribution >= 0.6 is 7.60 Å². The number of hydrogen-bond donors (Lipinski definition) is 0. The molecule has 0 rings (SSSR count). The van der Waals surface area contributed by atoms with Crippen LogP contribution in [0.15, 0.2) is 12.7 Å². The highest BCUT2D eigenvalue weighted by Gasteiger charge is 2.27. The van der Waals surface area contributed by atoms with Gasteiger partial charge in [0, 0.05) is 6.08 Å². The molecule has 0 radical (unpaired) electrons. The van der Waals surface area contributed by atoms with Crippen LogP contribution in [0.3, 0.4) is 0 Å². The lowest BCUT2D eigenvalue weighted by Crippen LogP contribution is -2.19. The van der Waals surface area contributed by atoms with Crippen LogP contribution in [-0.2, 0) is 23.1 Å². The van der Waals surface area contributed by atoms with Gasteiger partial charge in [-0.25, -0.2) is 4.79 Å². The standard InChI is InChI=1S/C10H19O5P/c1-5-10(11)15-9(4)8-16(12,13-6-2)14-7-3/h5,9H,1,6-8H2,2-4H3. The van der Waals surface area contributed by atoms with Crippen molar-refractivity contribution in [2.45, 2.75) is 26.9 Å². The van der Waals surface area contributed by atoms with Crippen LogP contribution in [0.25, 0.3) is 0 Å². The first-order chi connectivity index (χ1) is 7.47. The van der Waals surface area contributed by atoms with Gasteiger partial charge in [-0.05, 0) is 20.8 Å². The second-order valence-corrected chi connectivity index (χ2v) is 5.18. The van der Waals surface area contributed by atoms with Gasteiger partial charge in [-0.3, -0.25) is 4.57 Å². The molecule has 94 valence electrons. The van der Waals surface area contributed by atoms with Gasteiger partial charge in [-0.15, -0.1) is 0 Å². The zero-order chi connectivity index (χ0) is 12.6. The molecule has 0 amide bonds. The van der Waals surface area contributed by atoms with Crippen LogP contribution in [0.5, 0.6) is 0 Å². The first-order valence-corrected chi connectivity index (χ1v) is 6.91. The Balaban J connectivity index is 4.33. The second kappa shape index (κ2) is 7.60. The lowest BCUT2D eigenvalue weighted by Gasteiger charge is -2.20. The topological polar surface area (TPSA) is 61.8 Å². The van der Waals surface area contributed by atoms with Crippen LogP contribution in [-0.4, -0.2) is 31.4 Å². The molecular formula is C10H19O5P. The van der Waals surface area contributed by atoms with E-state index in [1.54, 1.807) is 20.8 Å². The SMILES string of the molecule is C=CC(=O)OC(C)CP(=O)(OCC)OCC. The normalized spacial score (nSPS) is 13.2. The summed E-state index contributed by atoms with van der Waals surface area (Å²) in [6.45, 7) is 8.95. The van der Waals surface area contributed by atoms with Gasteiger partial charge >= 0.3 is 13.6 Å². The van der Waals surface area contributed by atoms with E-state index in [9.17, 15) is 9.36 Å². The first kappa shape index (κ1) is 15.4. The first-order valence-electron chi connectivity index (χ1n) is 5.18. The second-order valence-electron chi connectivity index (χ2n) is 3.08. The zero-order valence-corrected chi connectivity index (χ0v) is 10.9. The van der Waals surface area contributed by atoms with Gasteiger partial charge in [0.2, 0.25) is 0 Å². The molecule has 0 aromatic rings. The molecule has 5 nitrogen and oxygen atoms in total. The minimum Gasteiger partial charge on any atom is -0.459 e. The summed E-state index contributed by atoms with van der Waals surface area (Å²) in [4.78, 5) is 10.9. The van der Waals surface area contributed by atoms with Crippen molar-refractivity contribution in [3.05, 3.63) is 12.7 Å². The molecule has 0 aliphatic heterocycles. The summed E-state index contributed by atoms with van der Waals surface area (Å²) in [6.07, 6.45) is 0.575. The summed E-state index contributed by atoms with van der Waals surface area (Å²) < 4.78 is 27.1. The number of carbonyl (C=O) groups excluding carboxylic acids is 1. The fourth-order valence-corrected chi connectivity index (χ4v) is 2.91. The highest BCUT2D eigenvalue weighted by atomic mass is 31.2. The van der Waals surface area contributed by atoms with Crippen molar-refractivity contribution >= 4 is 13.6 Å². The molecule has 0 fully saturated rings. The van der Waals surface area contributed by atoms with Crippen LogP contribution in [0.2, 0.25) is 0 Å². The quantitative estimate of drug-likeness (QED) is 0.376. The molecule has 0 spiro atoms. The molecule has 6 heteroatoms. The lowest BCUT2D eigenvalue weighted by molar-refractivity contribution is -0.141. The Morgan fingerprint density at radius 3 is 2.25 bits per heavy atom. The molecule has 0 N–H and O–H groups in total. The van der Waals surface area contributed by atoms with Gasteiger partial charge in [0.25, 0.3) is 0 Å². The Labute approximate surface area is 96.3 Å². The maximum Gasteiger partial charge on any atom is 0.334 e. The monoisotopic (exact) mass is 250 g/mol. The van der Waals surface area contributed by atoms with E-state index in [4.69, 9.17) is 13.8 Å². The average molecular weight is 250 g/mol. The van der Waals surface area contributed by atoms with E-state index in [1.165, 1.54) is 0 Å². The molecular weight excluding hydrogens is 231 g/mol. The lowest BCUT2D eigenvalue weighted by atomic mass is 10.5. The predicted octanol–water partition coefficient (Wildman–Crippen LogP) is 2.37. The van der Waals surface area contributed by atoms with Crippen molar-refractivity contribution in [3.63, 3.8) is 0 Å². The molecule has 0 aromatic carbocycles. The zero-order valence-electron chi connectivity index (χ0n) is 9.97. The van der Waals surface area contributed by atoms with E-state index in [0.29, 0.717) is 13.2 Å². The minimum absolute atomic E-state index is 0.0499. The Morgan fingerprint density at radius 1 is 1.38 bits per heavy atom. The summed E-state index contributed by atoms with van der Waals surface area (Å²) in [5.74, 6) is -0.549. The van der Waals surface area contributed by atoms with Crippen molar-refractivity contribution in [1.29, 1.82) is 0 Å². The molecule has 0 aliphatic rings. The molecule has 0 aromatic heterocycles. The number of ether oxygens (including phenoxy) is 1. The van der Waals surface area contributed by atoms with Crippen LogP contribution < -0.4 is 0 Å². The van der Waals surface area contributed by atoms with Crippen molar-refractivity contribution in [2.24, 2.45) is 0 Å². The van der Waals surface area contributed by atoms with Crippen LogP contribution in [0.4, 0.5) is 0 Å². The highest BCUT2D eigenvalue weighted by Crippen LogP contribution is 2.48. The van der Waals surface area contributed by atoms with Gasteiger partial charge in [0.15, 0.2) is 0 Å². The minimum atomic E-state index is -3.15. The average Bonchev–Trinajstić information content (AvgIpc) is 2.17. The number of rotatable bonds is 8. The maximum absolute atomic E-state index is 12.0. The summed E-state index contributed by atoms with van der Waals surface area (Å²) in [5, 5.41) is 0. The summed E-state index contributed by atoms with van der Waals surface area (Å²) >= 11 is 0. The predicted molar refractivity (Wildman–Crippen MR) is 61.5 cm³/mol. The van der Waals surface area contributed by atoms with Gasteiger partial charge < -0.3 is 13.8 Å². The summed E-state index contributed by atoms with van der Waals surface area (Å²) in [6, 6.07) is 0. The molecule has 0 saturated heterocycles. The van der Waals surface area contributed by atoms with Gasteiger partial charge in [0.1, 0.15) is 6.10 Å². The van der Waals surface area contributed by atoms with Crippen LogP contribution in [0.1, 0.15) is 20.8 Å². The molecule has 0 saturated carbocycles. The smallest absolute Gasteiger partial charge is 0.334 e. The van der Waals surface area contributed by atoms with E-state index in [0.717, 1.165) is 6.08 Å². The molecule has 0 aliphatic carbocycles. The molecule has 0 heterocycles. The third-order valence-electron chi connectivity index (χ3n) is 1.62. The van der Waals surface area contributed by atoms with E-state index in [-0.39, 0.29) is 6.16 Å². The summed E-state index contributed by atoms with van der Waals surface area (Å²) in [7, 11) is -3.15. The van der Waals surface area contributed by atoms with Crippen molar-refractivity contribution < 1.29 is 23.1 Å². The molecule has 1 unspecified atom stereocenters. The Kier molecular flexibility index (Phi) is 7.30. The van der Waals surface area contributed by atoms with Crippen LogP contribution in [0, 0.1) is 0 Å². The van der Waals surface area contributed by atoms with Gasteiger partial charge in [0.05, 0.1) is 19.4 Å². The highest BCUT2D eigenvalue weighted by molar-refractivity contribution is 7.53. The largest absolute Gasteiger partial charge is 0.459 e. The third kappa shape index (κ3) is 6.05. The number of esters is 1. The van der Waals surface area contributed by atoms with Crippen molar-refractivity contribution in [2.75, 3.05) is 19.4 Å². The van der Waals surface area contributed by atoms with E-state index >= 15 is 0 Å². The fraction of sp³-hybridized carbons (Fsp3) is 0.700. The van der Waals surface area contributed by atoms with Gasteiger partial charge in [-0.1, -0.05) is 6.58 Å².